The van der Waals surface area contributed by atoms with Gasteiger partial charge in [0.2, 0.25) is 65.0 Å². The molecule has 0 saturated carbocycles. The molecule has 0 aliphatic carbocycles. The minimum Gasteiger partial charge on any atom is -0.396 e. The number of carbonyl (C=O) groups excluding carboxylic acids is 11. The standard InChI is InChI=1S/C67H119N11O14/c1-25-31-43(15)56(80)55-60(84)70-47(27-3)62(86)78(32-26-2)48(28-4)63(87)76(23)54(46(18)92-34-30-29-33-79)59(83)71-52(41(11)12)66(90)72(19)49(35-38(5)6)58(82)68-44(16)57(81)69-45(17)61(85)73(20)50(36-39(7)8)64(88)74(21)51(37-40(9)10)65(89)75(22)53(42(13)14)67(91)77(55)24/h25-26,31,38-56,79-80H,2,27-30,32-37H2,1,3-24H3,(H,68,82)(H,69,81)(H,70,84)(H,71,83)/b31-25+/t43-,44+,45-,46-,47+,48-,49+,50+,51+,52+,53+,54?,55+,56-/m1/s1. The molecule has 1 heterocycles. The number of carbonyl (C=O) groups is 11. The maximum atomic E-state index is 15.3. The van der Waals surface area contributed by atoms with E-state index in [0.29, 0.717) is 12.8 Å². The maximum Gasteiger partial charge on any atom is 0.246 e. The van der Waals surface area contributed by atoms with Gasteiger partial charge in [0.05, 0.1) is 12.2 Å². The molecule has 0 bridgehead atoms. The van der Waals surface area contributed by atoms with Crippen LogP contribution in [0, 0.1) is 35.5 Å². The number of nitrogens with one attached hydrogen (secondary N) is 4. The van der Waals surface area contributed by atoms with E-state index in [1.54, 1.807) is 74.5 Å². The first-order valence-electron chi connectivity index (χ1n) is 33.0. The molecule has 0 aromatic carbocycles. The molecule has 1 saturated heterocycles. The SMILES string of the molecule is C=CCN1C(=O)[C@H](CC)NC(=O)[C@H]([C@H](O)[C@H](C)/C=C/C)N(C)C(=O)[C@H](C(C)C)N(C)C(=O)[C@H](CC(C)C)N(C)C(=O)[C@H](CC(C)C)N(C)C(=O)[C@@H](C)NC(=O)[C@H](C)NC(=O)[C@H](CC(C)C)N(C)C(=O)[C@H](C(C)C)NC(=O)C([C@@H](C)OCCCCO)N(C)C(=O)[C@H]1CC. The molecule has 25 heteroatoms. The van der Waals surface area contributed by atoms with Crippen molar-refractivity contribution in [2.45, 2.75) is 241 Å². The molecule has 0 spiro atoms. The molecule has 0 aromatic rings. The highest BCUT2D eigenvalue weighted by Crippen LogP contribution is 2.26. The van der Waals surface area contributed by atoms with E-state index < -0.39 is 161 Å². The minimum atomic E-state index is -1.69. The van der Waals surface area contributed by atoms with E-state index in [-0.39, 0.29) is 69.6 Å². The van der Waals surface area contributed by atoms with E-state index in [0.717, 1.165) is 9.80 Å². The van der Waals surface area contributed by atoms with E-state index >= 15 is 33.6 Å². The van der Waals surface area contributed by atoms with Crippen molar-refractivity contribution in [3.05, 3.63) is 24.8 Å². The first kappa shape index (κ1) is 83.5. The van der Waals surface area contributed by atoms with Crippen molar-refractivity contribution in [1.82, 2.24) is 55.6 Å². The van der Waals surface area contributed by atoms with Gasteiger partial charge in [0, 0.05) is 68.0 Å². The number of likely N-dealkylation sites (N-methyl/N-ethyl adjacent to an activating group) is 6. The van der Waals surface area contributed by atoms with Crippen LogP contribution in [0.3, 0.4) is 0 Å². The van der Waals surface area contributed by atoms with Gasteiger partial charge >= 0.3 is 0 Å². The Labute approximate surface area is 549 Å². The van der Waals surface area contributed by atoms with Gasteiger partial charge in [-0.25, -0.2) is 0 Å². The number of aliphatic hydroxyl groups excluding tert-OH is 2. The second-order valence-electron chi connectivity index (χ2n) is 27.0. The Kier molecular flexibility index (Phi) is 35.7. The van der Waals surface area contributed by atoms with Crippen molar-refractivity contribution < 1.29 is 67.7 Å². The predicted molar refractivity (Wildman–Crippen MR) is 354 cm³/mol. The van der Waals surface area contributed by atoms with Crippen LogP contribution in [0.25, 0.3) is 0 Å². The number of aliphatic hydroxyl groups is 2. The summed E-state index contributed by atoms with van der Waals surface area (Å²) in [6.07, 6.45) is 3.17. The quantitative estimate of drug-likeness (QED) is 0.0710. The Bertz CT molecular complexity index is 2510. The molecule has 0 radical (unpaired) electrons. The number of allylic oxidation sites excluding steroid dienone is 1. The summed E-state index contributed by atoms with van der Waals surface area (Å²) in [5.41, 5.74) is 0. The number of ether oxygens (including phenoxy) is 1. The van der Waals surface area contributed by atoms with Crippen LogP contribution in [-0.2, 0) is 57.5 Å². The number of rotatable bonds is 21. The van der Waals surface area contributed by atoms with Crippen molar-refractivity contribution >= 4 is 65.0 Å². The molecule has 1 fully saturated rings. The lowest BCUT2D eigenvalue weighted by Crippen LogP contribution is -2.64. The second kappa shape index (κ2) is 39.3. The van der Waals surface area contributed by atoms with Crippen LogP contribution in [-0.4, -0.2) is 250 Å². The highest BCUT2D eigenvalue weighted by Gasteiger charge is 2.47. The molecule has 1 aliphatic heterocycles. The van der Waals surface area contributed by atoms with Crippen LogP contribution in [0.15, 0.2) is 24.8 Å². The molecular formula is C67H119N11O14. The molecule has 14 atom stereocenters. The molecule has 1 aliphatic rings. The molecule has 1 unspecified atom stereocenters. The van der Waals surface area contributed by atoms with Gasteiger partial charge < -0.3 is 70.5 Å². The van der Waals surface area contributed by atoms with Gasteiger partial charge in [-0.15, -0.1) is 6.58 Å². The maximum absolute atomic E-state index is 15.3. The topological polar surface area (TPSA) is 308 Å². The Hall–Kier alpha value is -6.47. The van der Waals surface area contributed by atoms with Crippen molar-refractivity contribution in [2.24, 2.45) is 35.5 Å². The normalized spacial score (nSPS) is 26.8. The Balaban J connectivity index is 4.55. The van der Waals surface area contributed by atoms with Crippen molar-refractivity contribution in [2.75, 3.05) is 62.0 Å². The highest BCUT2D eigenvalue weighted by atomic mass is 16.5. The third-order valence-electron chi connectivity index (χ3n) is 17.2. The number of nitrogens with zero attached hydrogens (tertiary/aromatic N) is 7. The van der Waals surface area contributed by atoms with Crippen LogP contribution in [0.2, 0.25) is 0 Å². The summed E-state index contributed by atoms with van der Waals surface area (Å²) in [5, 5.41) is 32.7. The fourth-order valence-corrected chi connectivity index (χ4v) is 11.7. The van der Waals surface area contributed by atoms with E-state index in [4.69, 9.17) is 4.74 Å². The summed E-state index contributed by atoms with van der Waals surface area (Å²) < 4.78 is 6.16. The van der Waals surface area contributed by atoms with Gasteiger partial charge in [-0.2, -0.15) is 0 Å². The average molecular weight is 1300 g/mol. The van der Waals surface area contributed by atoms with Crippen LogP contribution >= 0.6 is 0 Å². The minimum absolute atomic E-state index is 0.0122. The van der Waals surface area contributed by atoms with Crippen LogP contribution in [0.1, 0.15) is 163 Å². The molecule has 25 nitrogen and oxygen atoms in total. The largest absolute Gasteiger partial charge is 0.396 e. The summed E-state index contributed by atoms with van der Waals surface area (Å²) in [7, 11) is 8.41. The molecule has 0 aromatic heterocycles. The number of hydrogen-bond donors (Lipinski definition) is 6. The molecule has 92 heavy (non-hydrogen) atoms. The average Bonchev–Trinajstić information content (AvgIpc) is 0.812. The van der Waals surface area contributed by atoms with Gasteiger partial charge in [-0.3, -0.25) is 52.7 Å². The molecule has 1 rings (SSSR count). The number of amides is 11. The highest BCUT2D eigenvalue weighted by molar-refractivity contribution is 6.00. The number of hydrogen-bond acceptors (Lipinski definition) is 14. The van der Waals surface area contributed by atoms with Crippen LogP contribution in [0.4, 0.5) is 0 Å². The van der Waals surface area contributed by atoms with Gasteiger partial charge in [0.15, 0.2) is 0 Å². The zero-order valence-electron chi connectivity index (χ0n) is 59.9. The molecule has 11 amide bonds. The van der Waals surface area contributed by atoms with E-state index in [2.05, 4.69) is 27.8 Å². The fraction of sp³-hybridized carbons (Fsp3) is 0.776. The number of unbranched alkanes of at least 4 members (excludes halogenated alkanes) is 1. The zero-order chi connectivity index (χ0) is 71.1. The van der Waals surface area contributed by atoms with Crippen molar-refractivity contribution in [3.8, 4) is 0 Å². The fourth-order valence-electron chi connectivity index (χ4n) is 11.7. The molecular weight excluding hydrogens is 1180 g/mol. The summed E-state index contributed by atoms with van der Waals surface area (Å²) in [4.78, 5) is 172. The lowest BCUT2D eigenvalue weighted by atomic mass is 9.93. The zero-order valence-corrected chi connectivity index (χ0v) is 59.9. The smallest absolute Gasteiger partial charge is 0.246 e. The van der Waals surface area contributed by atoms with Gasteiger partial charge in [0.1, 0.15) is 66.5 Å². The second-order valence-corrected chi connectivity index (χ2v) is 27.0. The van der Waals surface area contributed by atoms with Crippen LogP contribution < -0.4 is 21.3 Å². The van der Waals surface area contributed by atoms with Gasteiger partial charge in [-0.1, -0.05) is 108 Å². The Morgan fingerprint density at radius 2 is 0.957 bits per heavy atom. The molecule has 6 N–H and O–H groups in total. The Morgan fingerprint density at radius 3 is 1.42 bits per heavy atom. The monoisotopic (exact) mass is 1300 g/mol. The van der Waals surface area contributed by atoms with Crippen LogP contribution in [0.5, 0.6) is 0 Å². The molecule has 526 valence electrons. The Morgan fingerprint density at radius 1 is 0.500 bits per heavy atom. The lowest BCUT2D eigenvalue weighted by molar-refractivity contribution is -0.157. The lowest BCUT2D eigenvalue weighted by Gasteiger charge is -2.41. The summed E-state index contributed by atoms with van der Waals surface area (Å²) >= 11 is 0. The van der Waals surface area contributed by atoms with Crippen molar-refractivity contribution in [3.63, 3.8) is 0 Å². The van der Waals surface area contributed by atoms with Gasteiger partial charge in [0.25, 0.3) is 0 Å². The summed E-state index contributed by atoms with van der Waals surface area (Å²) in [6.45, 7) is 32.6. The van der Waals surface area contributed by atoms with Gasteiger partial charge in [-0.05, 0) is 102 Å². The predicted octanol–water partition coefficient (Wildman–Crippen LogP) is 3.35. The van der Waals surface area contributed by atoms with E-state index in [1.807, 2.05) is 41.5 Å². The third kappa shape index (κ3) is 22.9. The first-order valence-corrected chi connectivity index (χ1v) is 33.0. The summed E-state index contributed by atoms with van der Waals surface area (Å²) in [6, 6.07) is -14.5. The van der Waals surface area contributed by atoms with E-state index in [1.165, 1.54) is 86.7 Å². The third-order valence-corrected chi connectivity index (χ3v) is 17.2. The first-order chi connectivity index (χ1) is 42.8. The summed E-state index contributed by atoms with van der Waals surface area (Å²) in [5.74, 6) is -10.5. The van der Waals surface area contributed by atoms with Crippen molar-refractivity contribution in [1.29, 1.82) is 0 Å². The van der Waals surface area contributed by atoms with E-state index in [9.17, 15) is 29.4 Å².